The van der Waals surface area contributed by atoms with Crippen LogP contribution in [0.2, 0.25) is 0 Å². The van der Waals surface area contributed by atoms with Gasteiger partial charge in [-0.15, -0.1) is 0 Å². The fourth-order valence-corrected chi connectivity index (χ4v) is 3.01. The van der Waals surface area contributed by atoms with Crippen LogP contribution < -0.4 is 5.32 Å². The third kappa shape index (κ3) is 4.12. The Kier molecular flexibility index (Phi) is 5.14. The fraction of sp³-hybridized carbons (Fsp3) is 0.389. The van der Waals surface area contributed by atoms with Crippen LogP contribution in [0.15, 0.2) is 41.1 Å². The van der Waals surface area contributed by atoms with Gasteiger partial charge in [-0.2, -0.15) is 0 Å². The Bertz CT molecular complexity index is 696. The minimum absolute atomic E-state index is 0.0471. The third-order valence-corrected chi connectivity index (χ3v) is 4.67. The van der Waals surface area contributed by atoms with Gasteiger partial charge in [0.1, 0.15) is 5.82 Å². The summed E-state index contributed by atoms with van der Waals surface area (Å²) in [6.45, 7) is 5.58. The summed E-state index contributed by atoms with van der Waals surface area (Å²) in [5.41, 5.74) is 2.61. The van der Waals surface area contributed by atoms with Crippen LogP contribution in [0.3, 0.4) is 0 Å². The zero-order chi connectivity index (χ0) is 17.1. The Morgan fingerprint density at radius 3 is 2.54 bits per heavy atom. The second-order valence-corrected chi connectivity index (χ2v) is 7.31. The molecule has 1 aromatic heterocycles. The Balaban J connectivity index is 1.46. The number of carbonyl (C=O) groups excluding carboxylic acids is 1. The van der Waals surface area contributed by atoms with Gasteiger partial charge in [0.25, 0.3) is 0 Å². The van der Waals surface area contributed by atoms with E-state index >= 15 is 0 Å². The van der Waals surface area contributed by atoms with Gasteiger partial charge in [0.15, 0.2) is 0 Å². The average Bonchev–Trinajstić information content (AvgIpc) is 2.52. The molecule has 1 unspecified atom stereocenters. The van der Waals surface area contributed by atoms with Crippen molar-refractivity contribution in [1.82, 2.24) is 20.2 Å². The molecule has 5 nitrogen and oxygen atoms in total. The van der Waals surface area contributed by atoms with Gasteiger partial charge in [-0.3, -0.25) is 0 Å². The van der Waals surface area contributed by atoms with E-state index in [1.54, 1.807) is 12.4 Å². The molecule has 0 spiro atoms. The number of likely N-dealkylation sites (tertiary alicyclic amines) is 1. The van der Waals surface area contributed by atoms with Crippen LogP contribution in [-0.2, 0) is 6.42 Å². The van der Waals surface area contributed by atoms with Crippen LogP contribution in [0.4, 0.5) is 4.79 Å². The molecule has 1 atom stereocenters. The maximum atomic E-state index is 12.3. The van der Waals surface area contributed by atoms with E-state index in [4.69, 9.17) is 0 Å². The normalized spacial score (nSPS) is 15.7. The molecule has 3 rings (SSSR count). The predicted octanol–water partition coefficient (Wildman–Crippen LogP) is 3.49. The first-order chi connectivity index (χ1) is 11.5. The Morgan fingerprint density at radius 1 is 1.29 bits per heavy atom. The highest BCUT2D eigenvalue weighted by atomic mass is 79.9. The van der Waals surface area contributed by atoms with Crippen molar-refractivity contribution in [2.24, 2.45) is 5.92 Å². The highest BCUT2D eigenvalue weighted by molar-refractivity contribution is 9.10. The lowest BCUT2D eigenvalue weighted by molar-refractivity contribution is 0.118. The first kappa shape index (κ1) is 16.9. The van der Waals surface area contributed by atoms with Crippen molar-refractivity contribution in [2.45, 2.75) is 26.3 Å². The molecule has 2 aromatic rings. The lowest BCUT2D eigenvalue weighted by Gasteiger charge is -2.39. The summed E-state index contributed by atoms with van der Waals surface area (Å²) in [7, 11) is 0. The monoisotopic (exact) mass is 388 g/mol. The topological polar surface area (TPSA) is 58.1 Å². The van der Waals surface area contributed by atoms with Crippen molar-refractivity contribution < 1.29 is 4.79 Å². The molecule has 126 valence electrons. The van der Waals surface area contributed by atoms with Gasteiger partial charge in [-0.25, -0.2) is 14.8 Å². The minimum Gasteiger partial charge on any atom is -0.328 e. The number of nitrogens with one attached hydrogen (secondary N) is 1. The summed E-state index contributed by atoms with van der Waals surface area (Å²) in [6, 6.07) is 8.36. The van der Waals surface area contributed by atoms with Crippen LogP contribution in [0.25, 0.3) is 0 Å². The Hall–Kier alpha value is -1.95. The van der Waals surface area contributed by atoms with E-state index in [1.807, 2.05) is 11.8 Å². The molecule has 24 heavy (non-hydrogen) atoms. The van der Waals surface area contributed by atoms with Crippen molar-refractivity contribution in [3.63, 3.8) is 0 Å². The summed E-state index contributed by atoms with van der Waals surface area (Å²) in [5.74, 6) is 1.15. The molecule has 1 aliphatic heterocycles. The summed E-state index contributed by atoms with van der Waals surface area (Å²) in [5, 5.41) is 2.96. The lowest BCUT2D eigenvalue weighted by Crippen LogP contribution is -2.54. The number of rotatable bonds is 4. The van der Waals surface area contributed by atoms with E-state index in [1.165, 1.54) is 11.1 Å². The Labute approximate surface area is 150 Å². The number of aryl methyl sites for hydroxylation is 1. The number of carbonyl (C=O) groups is 1. The SMILES string of the molecule is Cc1ccc(CC2CN(C(=O)NC(C)c3ncc(Br)cn3)C2)cc1. The molecule has 1 aromatic carbocycles. The number of amides is 2. The summed E-state index contributed by atoms with van der Waals surface area (Å²) in [6.07, 6.45) is 4.40. The summed E-state index contributed by atoms with van der Waals surface area (Å²) in [4.78, 5) is 22.6. The number of halogens is 1. The molecular weight excluding hydrogens is 368 g/mol. The molecule has 0 aliphatic carbocycles. The van der Waals surface area contributed by atoms with Crippen molar-refractivity contribution in [1.29, 1.82) is 0 Å². The van der Waals surface area contributed by atoms with Crippen LogP contribution in [0, 0.1) is 12.8 Å². The zero-order valence-electron chi connectivity index (χ0n) is 13.9. The number of hydrogen-bond acceptors (Lipinski definition) is 3. The van der Waals surface area contributed by atoms with Crippen molar-refractivity contribution in [3.8, 4) is 0 Å². The fourth-order valence-electron chi connectivity index (χ4n) is 2.81. The number of nitrogens with zero attached hydrogens (tertiary/aromatic N) is 3. The second kappa shape index (κ2) is 7.30. The largest absolute Gasteiger partial charge is 0.328 e. The molecule has 0 radical (unpaired) electrons. The van der Waals surface area contributed by atoms with E-state index in [9.17, 15) is 4.79 Å². The van der Waals surface area contributed by atoms with Gasteiger partial charge in [0.2, 0.25) is 0 Å². The highest BCUT2D eigenvalue weighted by Crippen LogP contribution is 2.21. The molecular formula is C18H21BrN4O. The first-order valence-electron chi connectivity index (χ1n) is 8.09. The number of aromatic nitrogens is 2. The maximum Gasteiger partial charge on any atom is 0.317 e. The van der Waals surface area contributed by atoms with Crippen LogP contribution in [0.5, 0.6) is 0 Å². The van der Waals surface area contributed by atoms with E-state index in [0.29, 0.717) is 11.7 Å². The second-order valence-electron chi connectivity index (χ2n) is 6.39. The van der Waals surface area contributed by atoms with Crippen molar-refractivity contribution in [3.05, 3.63) is 58.1 Å². The first-order valence-corrected chi connectivity index (χ1v) is 8.89. The van der Waals surface area contributed by atoms with E-state index in [0.717, 1.165) is 24.0 Å². The molecule has 1 aliphatic rings. The van der Waals surface area contributed by atoms with Gasteiger partial charge < -0.3 is 10.2 Å². The van der Waals surface area contributed by atoms with Gasteiger partial charge >= 0.3 is 6.03 Å². The van der Waals surface area contributed by atoms with E-state index in [2.05, 4.69) is 62.4 Å². The number of hydrogen-bond donors (Lipinski definition) is 1. The van der Waals surface area contributed by atoms with Gasteiger partial charge in [0, 0.05) is 25.5 Å². The van der Waals surface area contributed by atoms with Crippen LogP contribution >= 0.6 is 15.9 Å². The molecule has 0 saturated carbocycles. The quantitative estimate of drug-likeness (QED) is 0.871. The molecule has 1 N–H and O–H groups in total. The van der Waals surface area contributed by atoms with Gasteiger partial charge in [-0.05, 0) is 47.7 Å². The number of benzene rings is 1. The third-order valence-electron chi connectivity index (χ3n) is 4.26. The lowest BCUT2D eigenvalue weighted by atomic mass is 9.92. The summed E-state index contributed by atoms with van der Waals surface area (Å²) < 4.78 is 0.825. The van der Waals surface area contributed by atoms with Crippen LogP contribution in [-0.4, -0.2) is 34.0 Å². The standard InChI is InChI=1S/C18H21BrN4O/c1-12-3-5-14(6-4-12)7-15-10-23(11-15)18(24)22-13(2)17-20-8-16(19)9-21-17/h3-6,8-9,13,15H,7,10-11H2,1-2H3,(H,22,24). The van der Waals surface area contributed by atoms with Crippen LogP contribution in [0.1, 0.15) is 29.9 Å². The highest BCUT2D eigenvalue weighted by Gasteiger charge is 2.31. The number of urea groups is 1. The minimum atomic E-state index is -0.207. The predicted molar refractivity (Wildman–Crippen MR) is 96.6 cm³/mol. The van der Waals surface area contributed by atoms with E-state index < -0.39 is 0 Å². The molecule has 6 heteroatoms. The average molecular weight is 389 g/mol. The Morgan fingerprint density at radius 2 is 1.92 bits per heavy atom. The van der Waals surface area contributed by atoms with Gasteiger partial charge in [0.05, 0.1) is 10.5 Å². The van der Waals surface area contributed by atoms with E-state index in [-0.39, 0.29) is 12.1 Å². The van der Waals surface area contributed by atoms with Gasteiger partial charge in [-0.1, -0.05) is 29.8 Å². The maximum absolute atomic E-state index is 12.3. The molecule has 2 heterocycles. The van der Waals surface area contributed by atoms with Crippen molar-refractivity contribution in [2.75, 3.05) is 13.1 Å². The summed E-state index contributed by atoms with van der Waals surface area (Å²) >= 11 is 3.31. The molecule has 0 bridgehead atoms. The molecule has 1 fully saturated rings. The van der Waals surface area contributed by atoms with Crippen molar-refractivity contribution >= 4 is 22.0 Å². The molecule has 2 amide bonds. The zero-order valence-corrected chi connectivity index (χ0v) is 15.5. The molecule has 1 saturated heterocycles. The smallest absolute Gasteiger partial charge is 0.317 e.